The molecule has 2 heterocycles. The molecule has 1 aliphatic rings. The number of nitrogens with two attached hydrogens (primary N) is 1. The summed E-state index contributed by atoms with van der Waals surface area (Å²) in [5.74, 6) is 2.02. The Morgan fingerprint density at radius 2 is 2.09 bits per heavy atom. The van der Waals surface area contributed by atoms with Gasteiger partial charge in [0.05, 0.1) is 18.8 Å². The van der Waals surface area contributed by atoms with Crippen LogP contribution in [0.1, 0.15) is 33.3 Å². The number of hydrogen-bond donors (Lipinski definition) is 2. The summed E-state index contributed by atoms with van der Waals surface area (Å²) in [5.41, 5.74) is 6.90. The summed E-state index contributed by atoms with van der Waals surface area (Å²) in [6, 6.07) is 4.11. The van der Waals surface area contributed by atoms with Crippen molar-refractivity contribution in [2.24, 2.45) is 16.6 Å². The predicted octanol–water partition coefficient (Wildman–Crippen LogP) is 1.76. The van der Waals surface area contributed by atoms with Crippen LogP contribution in [-0.4, -0.2) is 42.8 Å². The molecular weight excluding hydrogens is 290 g/mol. The topological polar surface area (TPSA) is 75.8 Å². The van der Waals surface area contributed by atoms with Gasteiger partial charge in [-0.2, -0.15) is 0 Å². The Labute approximate surface area is 139 Å². The third kappa shape index (κ3) is 5.71. The van der Waals surface area contributed by atoms with Crippen LogP contribution in [0.4, 0.5) is 5.82 Å². The normalized spacial score (nSPS) is 22.5. The molecule has 6 nitrogen and oxygen atoms in total. The van der Waals surface area contributed by atoms with Crippen LogP contribution in [0, 0.1) is 5.92 Å². The maximum absolute atomic E-state index is 5.84. The Balaban J connectivity index is 1.90. The molecule has 6 heteroatoms. The molecule has 0 bridgehead atoms. The van der Waals surface area contributed by atoms with Crippen molar-refractivity contribution in [1.29, 1.82) is 0 Å². The lowest BCUT2D eigenvalue weighted by atomic mass is 10.2. The van der Waals surface area contributed by atoms with E-state index in [9.17, 15) is 0 Å². The molecule has 2 unspecified atom stereocenters. The number of aliphatic imine (C=N–C) groups is 1. The summed E-state index contributed by atoms with van der Waals surface area (Å²) in [6.45, 7) is 11.6. The third-order valence-corrected chi connectivity index (χ3v) is 3.68. The lowest BCUT2D eigenvalue weighted by Crippen LogP contribution is -2.45. The Morgan fingerprint density at radius 1 is 1.39 bits per heavy atom. The van der Waals surface area contributed by atoms with Crippen LogP contribution in [-0.2, 0) is 11.3 Å². The first-order valence-corrected chi connectivity index (χ1v) is 8.33. The van der Waals surface area contributed by atoms with Gasteiger partial charge in [0.2, 0.25) is 0 Å². The molecule has 0 aromatic carbocycles. The van der Waals surface area contributed by atoms with E-state index in [1.807, 2.05) is 12.3 Å². The number of nitrogens with zero attached hydrogens (tertiary/aromatic N) is 3. The van der Waals surface area contributed by atoms with E-state index in [1.165, 1.54) is 0 Å². The van der Waals surface area contributed by atoms with Gasteiger partial charge >= 0.3 is 0 Å². The molecule has 1 fully saturated rings. The van der Waals surface area contributed by atoms with Gasteiger partial charge in [-0.3, -0.25) is 0 Å². The Bertz CT molecular complexity index is 504. The number of morpholine rings is 1. The molecule has 0 saturated carbocycles. The van der Waals surface area contributed by atoms with Gasteiger partial charge in [-0.1, -0.05) is 19.9 Å². The smallest absolute Gasteiger partial charge is 0.188 e. The van der Waals surface area contributed by atoms with E-state index in [2.05, 4.69) is 54.0 Å². The molecule has 1 saturated heterocycles. The quantitative estimate of drug-likeness (QED) is 0.639. The monoisotopic (exact) mass is 319 g/mol. The largest absolute Gasteiger partial charge is 0.372 e. The maximum Gasteiger partial charge on any atom is 0.188 e. The van der Waals surface area contributed by atoms with Crippen molar-refractivity contribution < 1.29 is 4.74 Å². The first-order chi connectivity index (χ1) is 10.9. The third-order valence-electron chi connectivity index (χ3n) is 3.68. The van der Waals surface area contributed by atoms with Gasteiger partial charge in [0.15, 0.2) is 5.96 Å². The fourth-order valence-electron chi connectivity index (χ4n) is 2.60. The molecule has 23 heavy (non-hydrogen) atoms. The number of anilines is 1. The second kappa shape index (κ2) is 8.15. The summed E-state index contributed by atoms with van der Waals surface area (Å²) >= 11 is 0. The molecule has 2 atom stereocenters. The fourth-order valence-corrected chi connectivity index (χ4v) is 2.60. The number of ether oxygens (including phenoxy) is 1. The van der Waals surface area contributed by atoms with Crippen molar-refractivity contribution in [3.8, 4) is 0 Å². The molecule has 3 N–H and O–H groups in total. The zero-order chi connectivity index (χ0) is 16.8. The highest BCUT2D eigenvalue weighted by molar-refractivity contribution is 5.77. The van der Waals surface area contributed by atoms with Crippen molar-refractivity contribution in [1.82, 2.24) is 10.3 Å². The molecule has 128 valence electrons. The highest BCUT2D eigenvalue weighted by Gasteiger charge is 2.22. The fraction of sp³-hybridized carbons (Fsp3) is 0.647. The van der Waals surface area contributed by atoms with Crippen LogP contribution in [0.2, 0.25) is 0 Å². The predicted molar refractivity (Wildman–Crippen MR) is 94.6 cm³/mol. The van der Waals surface area contributed by atoms with Gasteiger partial charge in [0.1, 0.15) is 5.82 Å². The zero-order valence-electron chi connectivity index (χ0n) is 14.6. The molecule has 1 aromatic heterocycles. The van der Waals surface area contributed by atoms with Gasteiger partial charge in [0, 0.05) is 25.8 Å². The SMILES string of the molecule is CC(C)CNC(N)=NCc1ccc(N2CC(C)OC(C)C2)nc1. The number of hydrogen-bond acceptors (Lipinski definition) is 4. The van der Waals surface area contributed by atoms with E-state index in [-0.39, 0.29) is 12.2 Å². The summed E-state index contributed by atoms with van der Waals surface area (Å²) in [6.07, 6.45) is 2.34. The van der Waals surface area contributed by atoms with Crippen LogP contribution in [0.5, 0.6) is 0 Å². The molecule has 1 aliphatic heterocycles. The van der Waals surface area contributed by atoms with E-state index in [4.69, 9.17) is 10.5 Å². The van der Waals surface area contributed by atoms with Crippen molar-refractivity contribution in [3.05, 3.63) is 23.9 Å². The maximum atomic E-state index is 5.84. The number of rotatable bonds is 5. The van der Waals surface area contributed by atoms with Gasteiger partial charge in [0.25, 0.3) is 0 Å². The van der Waals surface area contributed by atoms with Gasteiger partial charge < -0.3 is 20.7 Å². The van der Waals surface area contributed by atoms with Crippen LogP contribution < -0.4 is 16.0 Å². The second-order valence-electron chi connectivity index (χ2n) is 6.66. The van der Waals surface area contributed by atoms with Crippen molar-refractivity contribution >= 4 is 11.8 Å². The minimum atomic E-state index is 0.233. The first kappa shape index (κ1) is 17.5. The van der Waals surface area contributed by atoms with E-state index in [0.717, 1.165) is 31.0 Å². The van der Waals surface area contributed by atoms with Crippen molar-refractivity contribution in [3.63, 3.8) is 0 Å². The van der Waals surface area contributed by atoms with Crippen molar-refractivity contribution in [2.75, 3.05) is 24.5 Å². The average Bonchev–Trinajstić information content (AvgIpc) is 2.50. The Hall–Kier alpha value is -1.82. The van der Waals surface area contributed by atoms with E-state index >= 15 is 0 Å². The molecule has 0 aliphatic carbocycles. The highest BCUT2D eigenvalue weighted by Crippen LogP contribution is 2.18. The minimum Gasteiger partial charge on any atom is -0.372 e. The van der Waals surface area contributed by atoms with E-state index in [0.29, 0.717) is 18.4 Å². The molecule has 0 spiro atoms. The molecule has 0 amide bonds. The zero-order valence-corrected chi connectivity index (χ0v) is 14.6. The lowest BCUT2D eigenvalue weighted by molar-refractivity contribution is -0.00545. The summed E-state index contributed by atoms with van der Waals surface area (Å²) in [7, 11) is 0. The van der Waals surface area contributed by atoms with Crippen LogP contribution in [0.25, 0.3) is 0 Å². The van der Waals surface area contributed by atoms with Gasteiger partial charge in [-0.15, -0.1) is 0 Å². The number of aromatic nitrogens is 1. The highest BCUT2D eigenvalue weighted by atomic mass is 16.5. The molecular formula is C17H29N5O. The van der Waals surface area contributed by atoms with Crippen LogP contribution in [0.3, 0.4) is 0 Å². The Morgan fingerprint density at radius 3 is 2.65 bits per heavy atom. The van der Waals surface area contributed by atoms with Crippen molar-refractivity contribution in [2.45, 2.75) is 46.4 Å². The average molecular weight is 319 g/mol. The number of pyridine rings is 1. The lowest BCUT2D eigenvalue weighted by Gasteiger charge is -2.36. The second-order valence-corrected chi connectivity index (χ2v) is 6.66. The number of guanidine groups is 1. The molecule has 2 rings (SSSR count). The standard InChI is InChI=1S/C17H29N5O/c1-12(2)7-20-17(18)21-9-15-5-6-16(19-8-15)22-10-13(3)23-14(4)11-22/h5-6,8,12-14H,7,9-11H2,1-4H3,(H3,18,20,21). The summed E-state index contributed by atoms with van der Waals surface area (Å²) in [5, 5.41) is 3.11. The first-order valence-electron chi connectivity index (χ1n) is 8.33. The van der Waals surface area contributed by atoms with E-state index < -0.39 is 0 Å². The molecule has 1 aromatic rings. The molecule has 0 radical (unpaired) electrons. The van der Waals surface area contributed by atoms with Crippen LogP contribution in [0.15, 0.2) is 23.3 Å². The number of nitrogens with one attached hydrogen (secondary N) is 1. The van der Waals surface area contributed by atoms with Gasteiger partial charge in [-0.25, -0.2) is 9.98 Å². The van der Waals surface area contributed by atoms with Gasteiger partial charge in [-0.05, 0) is 31.4 Å². The summed E-state index contributed by atoms with van der Waals surface area (Å²) < 4.78 is 5.76. The summed E-state index contributed by atoms with van der Waals surface area (Å²) in [4.78, 5) is 11.2. The minimum absolute atomic E-state index is 0.233. The van der Waals surface area contributed by atoms with E-state index in [1.54, 1.807) is 0 Å². The van der Waals surface area contributed by atoms with Crippen LogP contribution >= 0.6 is 0 Å². The Kier molecular flexibility index (Phi) is 6.21.